The van der Waals surface area contributed by atoms with Crippen LogP contribution in [-0.2, 0) is 11.1 Å². The summed E-state index contributed by atoms with van der Waals surface area (Å²) in [7, 11) is 0.500. The molecule has 0 aliphatic carbocycles. The number of hydrogen-bond donors (Lipinski definition) is 0. The SMILES string of the molecule is CF.O=S([O-])c1ccccc1. The molecule has 2 nitrogen and oxygen atoms in total. The zero-order valence-corrected chi connectivity index (χ0v) is 6.81. The van der Waals surface area contributed by atoms with Gasteiger partial charge in [0.15, 0.2) is 0 Å². The first-order valence-corrected chi connectivity index (χ1v) is 3.90. The average Bonchev–Trinajstić information content (AvgIpc) is 2.10. The molecular weight excluding hydrogens is 167 g/mol. The quantitative estimate of drug-likeness (QED) is 0.607. The van der Waals surface area contributed by atoms with Gasteiger partial charge in [0.2, 0.25) is 0 Å². The minimum Gasteiger partial charge on any atom is -0.768 e. The van der Waals surface area contributed by atoms with Gasteiger partial charge < -0.3 is 4.55 Å². The van der Waals surface area contributed by atoms with Gasteiger partial charge in [-0.15, -0.1) is 0 Å². The maximum Gasteiger partial charge on any atom is 0.0785 e. The van der Waals surface area contributed by atoms with Crippen LogP contribution in [0, 0.1) is 0 Å². The van der Waals surface area contributed by atoms with Crippen LogP contribution in [0.15, 0.2) is 35.2 Å². The summed E-state index contributed by atoms with van der Waals surface area (Å²) >= 11 is -2.08. The van der Waals surface area contributed by atoms with E-state index in [-0.39, 0.29) is 0 Å². The second kappa shape index (κ2) is 6.00. The highest BCUT2D eigenvalue weighted by Crippen LogP contribution is 2.00. The van der Waals surface area contributed by atoms with Crippen LogP contribution in [0.5, 0.6) is 0 Å². The molecule has 0 N–H and O–H groups in total. The first kappa shape index (κ1) is 10.3. The van der Waals surface area contributed by atoms with Crippen LogP contribution >= 0.6 is 0 Å². The summed E-state index contributed by atoms with van der Waals surface area (Å²) in [4.78, 5) is 0.331. The van der Waals surface area contributed by atoms with Crippen molar-refractivity contribution in [2.45, 2.75) is 4.90 Å². The summed E-state index contributed by atoms with van der Waals surface area (Å²) in [5.74, 6) is 0. The minimum absolute atomic E-state index is 0.331. The molecule has 0 amide bonds. The standard InChI is InChI=1S/C6H6O2S.CH3F/c7-9(8)6-4-2-1-3-5-6;1-2/h1-5H,(H,7,8);1H3/p-1. The maximum absolute atomic E-state index is 10.2. The van der Waals surface area contributed by atoms with Crippen molar-refractivity contribution in [1.29, 1.82) is 0 Å². The van der Waals surface area contributed by atoms with Crippen molar-refractivity contribution in [3.05, 3.63) is 30.3 Å². The number of alkyl halides is 1. The molecule has 0 aliphatic heterocycles. The number of halogens is 1. The Morgan fingerprint density at radius 1 is 1.27 bits per heavy atom. The molecule has 62 valence electrons. The van der Waals surface area contributed by atoms with Crippen LogP contribution < -0.4 is 0 Å². The summed E-state index contributed by atoms with van der Waals surface area (Å²) in [6.07, 6.45) is 0. The molecule has 0 saturated heterocycles. The predicted molar refractivity (Wildman–Crippen MR) is 40.7 cm³/mol. The maximum atomic E-state index is 10.2. The largest absolute Gasteiger partial charge is 0.768 e. The van der Waals surface area contributed by atoms with E-state index in [2.05, 4.69) is 0 Å². The summed E-state index contributed by atoms with van der Waals surface area (Å²) in [5.41, 5.74) is 0. The van der Waals surface area contributed by atoms with E-state index in [9.17, 15) is 13.2 Å². The van der Waals surface area contributed by atoms with Crippen LogP contribution in [0.25, 0.3) is 0 Å². The molecule has 1 rings (SSSR count). The zero-order valence-electron chi connectivity index (χ0n) is 5.99. The number of rotatable bonds is 1. The molecule has 0 aliphatic rings. The van der Waals surface area contributed by atoms with E-state index >= 15 is 0 Å². The van der Waals surface area contributed by atoms with E-state index in [1.807, 2.05) is 0 Å². The highest BCUT2D eigenvalue weighted by Gasteiger charge is 1.84. The highest BCUT2D eigenvalue weighted by molar-refractivity contribution is 7.79. The highest BCUT2D eigenvalue weighted by atomic mass is 32.2. The summed E-state index contributed by atoms with van der Waals surface area (Å²) in [6.45, 7) is 0. The van der Waals surface area contributed by atoms with Crippen molar-refractivity contribution in [3.63, 3.8) is 0 Å². The van der Waals surface area contributed by atoms with Gasteiger partial charge in [0, 0.05) is 4.90 Å². The van der Waals surface area contributed by atoms with Crippen molar-refractivity contribution >= 4 is 11.1 Å². The van der Waals surface area contributed by atoms with Crippen LogP contribution in [0.2, 0.25) is 0 Å². The van der Waals surface area contributed by atoms with E-state index in [1.54, 1.807) is 30.3 Å². The minimum atomic E-state index is -2.08. The number of hydrogen-bond acceptors (Lipinski definition) is 2. The molecule has 1 aromatic carbocycles. The fourth-order valence-electron chi connectivity index (χ4n) is 0.532. The van der Waals surface area contributed by atoms with Gasteiger partial charge in [-0.25, -0.2) is 0 Å². The van der Waals surface area contributed by atoms with Crippen LogP contribution in [0.1, 0.15) is 0 Å². The summed E-state index contributed by atoms with van der Waals surface area (Å²) < 4.78 is 29.9. The van der Waals surface area contributed by atoms with E-state index in [0.717, 1.165) is 0 Å². The molecule has 1 aromatic rings. The predicted octanol–water partition coefficient (Wildman–Crippen LogP) is 1.51. The van der Waals surface area contributed by atoms with Gasteiger partial charge >= 0.3 is 0 Å². The Morgan fingerprint density at radius 2 is 1.73 bits per heavy atom. The van der Waals surface area contributed by atoms with Crippen LogP contribution in [-0.4, -0.2) is 15.9 Å². The lowest BCUT2D eigenvalue weighted by Gasteiger charge is -2.01. The molecule has 0 fully saturated rings. The monoisotopic (exact) mass is 175 g/mol. The lowest BCUT2D eigenvalue weighted by Crippen LogP contribution is -1.85. The van der Waals surface area contributed by atoms with Gasteiger partial charge in [-0.2, -0.15) is 0 Å². The third kappa shape index (κ3) is 3.85. The molecule has 1 atom stereocenters. The lowest BCUT2D eigenvalue weighted by molar-refractivity contribution is 0.537. The van der Waals surface area contributed by atoms with Gasteiger partial charge in [0.05, 0.1) is 7.18 Å². The lowest BCUT2D eigenvalue weighted by atomic mass is 10.4. The Kier molecular flexibility index (Phi) is 5.60. The van der Waals surface area contributed by atoms with Crippen molar-refractivity contribution in [2.75, 3.05) is 7.18 Å². The van der Waals surface area contributed by atoms with Gasteiger partial charge in [-0.1, -0.05) is 18.2 Å². The second-order valence-electron chi connectivity index (χ2n) is 1.55. The van der Waals surface area contributed by atoms with E-state index in [0.29, 0.717) is 12.1 Å². The van der Waals surface area contributed by atoms with E-state index in [4.69, 9.17) is 0 Å². The van der Waals surface area contributed by atoms with E-state index < -0.39 is 11.1 Å². The molecular formula is C7H8FO2S-. The Labute approximate surface area is 67.3 Å². The third-order valence-corrected chi connectivity index (χ3v) is 1.59. The van der Waals surface area contributed by atoms with Gasteiger partial charge in [-0.3, -0.25) is 8.60 Å². The molecule has 4 heteroatoms. The van der Waals surface area contributed by atoms with E-state index in [1.165, 1.54) is 0 Å². The third-order valence-electron chi connectivity index (χ3n) is 0.936. The van der Waals surface area contributed by atoms with Gasteiger partial charge in [0.25, 0.3) is 0 Å². The van der Waals surface area contributed by atoms with Crippen LogP contribution in [0.4, 0.5) is 4.39 Å². The van der Waals surface area contributed by atoms with Crippen molar-refractivity contribution < 1.29 is 13.2 Å². The number of benzene rings is 1. The molecule has 0 heterocycles. The van der Waals surface area contributed by atoms with Gasteiger partial charge in [0.1, 0.15) is 0 Å². The molecule has 0 radical (unpaired) electrons. The fraction of sp³-hybridized carbons (Fsp3) is 0.143. The van der Waals surface area contributed by atoms with Crippen molar-refractivity contribution in [2.24, 2.45) is 0 Å². The molecule has 0 bridgehead atoms. The smallest absolute Gasteiger partial charge is 0.0785 e. The van der Waals surface area contributed by atoms with Gasteiger partial charge in [-0.05, 0) is 23.2 Å². The molecule has 0 spiro atoms. The average molecular weight is 175 g/mol. The topological polar surface area (TPSA) is 40.1 Å². The fourth-order valence-corrected chi connectivity index (χ4v) is 0.911. The summed E-state index contributed by atoms with van der Waals surface area (Å²) in [5, 5.41) is 0. The Hall–Kier alpha value is -0.740. The van der Waals surface area contributed by atoms with Crippen molar-refractivity contribution in [1.82, 2.24) is 0 Å². The first-order chi connectivity index (χ1) is 5.30. The molecule has 1 unspecified atom stereocenters. The Morgan fingerprint density at radius 3 is 2.00 bits per heavy atom. The molecule has 0 saturated carbocycles. The zero-order chi connectivity index (χ0) is 8.69. The Balaban J connectivity index is 0.000000461. The first-order valence-electron chi connectivity index (χ1n) is 2.83. The molecule has 0 aromatic heterocycles. The van der Waals surface area contributed by atoms with Crippen molar-refractivity contribution in [3.8, 4) is 0 Å². The molecule has 11 heavy (non-hydrogen) atoms. The normalized spacial score (nSPS) is 11.2. The second-order valence-corrected chi connectivity index (χ2v) is 2.49. The Bertz CT molecular complexity index is 213. The summed E-state index contributed by atoms with van der Waals surface area (Å²) in [6, 6.07) is 8.23. The van der Waals surface area contributed by atoms with Crippen LogP contribution in [0.3, 0.4) is 0 Å².